The number of fused-ring (bicyclic) bond motifs is 1. The van der Waals surface area contributed by atoms with E-state index in [0.29, 0.717) is 30.0 Å². The van der Waals surface area contributed by atoms with Crippen LogP contribution in [0.5, 0.6) is 0 Å². The Hall–Kier alpha value is -1.95. The molecule has 0 bridgehead atoms. The molecule has 2 aromatic rings. The molecule has 1 aliphatic rings. The molecule has 0 spiro atoms. The molecule has 88 valence electrons. The first kappa shape index (κ1) is 10.2. The number of hydrogen-bond acceptors (Lipinski definition) is 5. The van der Waals surface area contributed by atoms with Gasteiger partial charge >= 0.3 is 0 Å². The van der Waals surface area contributed by atoms with E-state index in [2.05, 4.69) is 15.2 Å². The molecule has 0 radical (unpaired) electrons. The molecule has 1 unspecified atom stereocenters. The number of nitrogens with zero attached hydrogens (tertiary/aromatic N) is 2. The Morgan fingerprint density at radius 1 is 1.53 bits per heavy atom. The van der Waals surface area contributed by atoms with Gasteiger partial charge in [-0.2, -0.15) is 5.10 Å². The van der Waals surface area contributed by atoms with E-state index in [-0.39, 0.29) is 11.7 Å². The molecular formula is C11H12N4O2. The Bertz CT molecular complexity index is 544. The fourth-order valence-corrected chi connectivity index (χ4v) is 2.23. The van der Waals surface area contributed by atoms with Crippen LogP contribution in [0, 0.1) is 5.92 Å². The summed E-state index contributed by atoms with van der Waals surface area (Å²) in [7, 11) is 0. The van der Waals surface area contributed by atoms with Crippen LogP contribution in [0.3, 0.4) is 0 Å². The Morgan fingerprint density at radius 3 is 3.12 bits per heavy atom. The van der Waals surface area contributed by atoms with Crippen molar-refractivity contribution in [3.63, 3.8) is 0 Å². The van der Waals surface area contributed by atoms with E-state index in [1.807, 2.05) is 0 Å². The summed E-state index contributed by atoms with van der Waals surface area (Å²) in [4.78, 5) is 15.9. The number of nitrogens with one attached hydrogen (secondary N) is 1. The monoisotopic (exact) mass is 232 g/mol. The molecule has 0 amide bonds. The van der Waals surface area contributed by atoms with Crippen molar-refractivity contribution in [1.29, 1.82) is 0 Å². The zero-order valence-corrected chi connectivity index (χ0v) is 9.14. The summed E-state index contributed by atoms with van der Waals surface area (Å²) in [6, 6.07) is 0. The van der Waals surface area contributed by atoms with Crippen molar-refractivity contribution in [2.45, 2.75) is 12.8 Å². The van der Waals surface area contributed by atoms with E-state index in [1.54, 1.807) is 6.20 Å². The third-order valence-corrected chi connectivity index (χ3v) is 3.09. The van der Waals surface area contributed by atoms with Gasteiger partial charge in [0.1, 0.15) is 5.69 Å². The molecular weight excluding hydrogens is 220 g/mol. The van der Waals surface area contributed by atoms with Gasteiger partial charge in [-0.3, -0.25) is 9.89 Å². The van der Waals surface area contributed by atoms with Crippen LogP contribution in [0.2, 0.25) is 0 Å². The van der Waals surface area contributed by atoms with E-state index < -0.39 is 0 Å². The second-order valence-corrected chi connectivity index (χ2v) is 4.22. The summed E-state index contributed by atoms with van der Waals surface area (Å²) >= 11 is 0. The Kier molecular flexibility index (Phi) is 2.29. The lowest BCUT2D eigenvalue weighted by Gasteiger charge is -2.18. The fraction of sp³-hybridized carbons (Fsp3) is 0.364. The zero-order valence-electron chi connectivity index (χ0n) is 9.14. The standard InChI is InChI=1S/C11H12N4O2/c12-3-6-1-7-10(8(16)2-6)11(15-14-7)9-4-13-5-17-9/h4-6H,1-3,12H2,(H,14,15). The van der Waals surface area contributed by atoms with Gasteiger partial charge < -0.3 is 10.2 Å². The number of aromatic amines is 1. The third-order valence-electron chi connectivity index (χ3n) is 3.09. The summed E-state index contributed by atoms with van der Waals surface area (Å²) in [6.45, 7) is 0.516. The van der Waals surface area contributed by atoms with Crippen molar-refractivity contribution in [3.8, 4) is 11.5 Å². The lowest BCUT2D eigenvalue weighted by atomic mass is 9.86. The zero-order chi connectivity index (χ0) is 11.8. The number of aromatic nitrogens is 3. The van der Waals surface area contributed by atoms with Crippen LogP contribution in [-0.4, -0.2) is 27.5 Å². The van der Waals surface area contributed by atoms with Gasteiger partial charge in [0.15, 0.2) is 17.9 Å². The van der Waals surface area contributed by atoms with Gasteiger partial charge in [0.25, 0.3) is 0 Å². The molecule has 0 fully saturated rings. The number of Topliss-reactive ketones (excluding diaryl/α,β-unsaturated/α-hetero) is 1. The van der Waals surface area contributed by atoms with Crippen LogP contribution in [0.15, 0.2) is 17.0 Å². The summed E-state index contributed by atoms with van der Waals surface area (Å²) in [5, 5.41) is 7.03. The van der Waals surface area contributed by atoms with Gasteiger partial charge in [0.2, 0.25) is 0 Å². The number of oxazole rings is 1. The van der Waals surface area contributed by atoms with Crippen molar-refractivity contribution in [2.75, 3.05) is 6.54 Å². The lowest BCUT2D eigenvalue weighted by Crippen LogP contribution is -2.26. The quantitative estimate of drug-likeness (QED) is 0.796. The molecule has 1 aliphatic carbocycles. The molecule has 3 rings (SSSR count). The van der Waals surface area contributed by atoms with Crippen molar-refractivity contribution in [2.24, 2.45) is 11.7 Å². The Morgan fingerprint density at radius 2 is 2.41 bits per heavy atom. The summed E-state index contributed by atoms with van der Waals surface area (Å²) in [5.74, 6) is 0.793. The van der Waals surface area contributed by atoms with Crippen molar-refractivity contribution in [3.05, 3.63) is 23.8 Å². The van der Waals surface area contributed by atoms with Gasteiger partial charge in [0, 0.05) is 12.1 Å². The highest BCUT2D eigenvalue weighted by molar-refractivity contribution is 6.03. The minimum Gasteiger partial charge on any atom is -0.442 e. The topological polar surface area (TPSA) is 97.8 Å². The van der Waals surface area contributed by atoms with Gasteiger partial charge in [-0.25, -0.2) is 4.98 Å². The molecule has 0 aliphatic heterocycles. The molecule has 6 nitrogen and oxygen atoms in total. The number of ketones is 1. The van der Waals surface area contributed by atoms with Crippen LogP contribution < -0.4 is 5.73 Å². The summed E-state index contributed by atoms with van der Waals surface area (Å²) in [6.07, 6.45) is 4.12. The molecule has 1 atom stereocenters. The first-order chi connectivity index (χ1) is 8.29. The third kappa shape index (κ3) is 1.57. The van der Waals surface area contributed by atoms with Crippen LogP contribution in [-0.2, 0) is 6.42 Å². The van der Waals surface area contributed by atoms with Crippen LogP contribution >= 0.6 is 0 Å². The second kappa shape index (κ2) is 3.81. The number of carbonyl (C=O) groups excluding carboxylic acids is 1. The van der Waals surface area contributed by atoms with Gasteiger partial charge in [0.05, 0.1) is 11.8 Å². The molecule has 6 heteroatoms. The normalized spacial score (nSPS) is 19.4. The average Bonchev–Trinajstić information content (AvgIpc) is 2.96. The smallest absolute Gasteiger partial charge is 0.181 e. The number of rotatable bonds is 2. The first-order valence-corrected chi connectivity index (χ1v) is 5.49. The van der Waals surface area contributed by atoms with Crippen molar-refractivity contribution < 1.29 is 9.21 Å². The van der Waals surface area contributed by atoms with E-state index in [0.717, 1.165) is 12.1 Å². The van der Waals surface area contributed by atoms with Crippen LogP contribution in [0.4, 0.5) is 0 Å². The molecule has 0 aromatic carbocycles. The van der Waals surface area contributed by atoms with E-state index >= 15 is 0 Å². The largest absolute Gasteiger partial charge is 0.442 e. The number of H-pyrrole nitrogens is 1. The van der Waals surface area contributed by atoms with Crippen molar-refractivity contribution in [1.82, 2.24) is 15.2 Å². The Balaban J connectivity index is 2.06. The minimum atomic E-state index is 0.0712. The number of carbonyl (C=O) groups is 1. The second-order valence-electron chi connectivity index (χ2n) is 4.22. The maximum atomic E-state index is 12.1. The highest BCUT2D eigenvalue weighted by atomic mass is 16.3. The highest BCUT2D eigenvalue weighted by Crippen LogP contribution is 2.31. The maximum absolute atomic E-state index is 12.1. The molecule has 0 saturated heterocycles. The maximum Gasteiger partial charge on any atom is 0.181 e. The molecule has 0 saturated carbocycles. The number of hydrogen-bond donors (Lipinski definition) is 2. The predicted octanol–water partition coefficient (Wildman–Crippen LogP) is 0.769. The van der Waals surface area contributed by atoms with Gasteiger partial charge in [-0.1, -0.05) is 0 Å². The minimum absolute atomic E-state index is 0.0712. The average molecular weight is 232 g/mol. The molecule has 17 heavy (non-hydrogen) atoms. The van der Waals surface area contributed by atoms with Crippen LogP contribution in [0.1, 0.15) is 22.5 Å². The lowest BCUT2D eigenvalue weighted by molar-refractivity contribution is 0.0951. The van der Waals surface area contributed by atoms with E-state index in [9.17, 15) is 4.79 Å². The molecule has 2 aromatic heterocycles. The Labute approximate surface area is 97.2 Å². The van der Waals surface area contributed by atoms with Crippen LogP contribution in [0.25, 0.3) is 11.5 Å². The number of nitrogens with two attached hydrogens (primary N) is 1. The predicted molar refractivity (Wildman–Crippen MR) is 59.3 cm³/mol. The van der Waals surface area contributed by atoms with E-state index in [1.165, 1.54) is 6.39 Å². The van der Waals surface area contributed by atoms with Crippen molar-refractivity contribution >= 4 is 5.78 Å². The summed E-state index contributed by atoms with van der Waals surface area (Å²) < 4.78 is 5.17. The SMILES string of the molecule is NCC1CC(=O)c2c(-c3cnco3)n[nH]c2C1. The first-order valence-electron chi connectivity index (χ1n) is 5.49. The highest BCUT2D eigenvalue weighted by Gasteiger charge is 2.30. The fourth-order valence-electron chi connectivity index (χ4n) is 2.23. The van der Waals surface area contributed by atoms with Gasteiger partial charge in [-0.15, -0.1) is 0 Å². The molecule has 3 N–H and O–H groups in total. The summed E-state index contributed by atoms with van der Waals surface area (Å²) in [5.41, 5.74) is 7.64. The molecule has 2 heterocycles. The van der Waals surface area contributed by atoms with E-state index in [4.69, 9.17) is 10.2 Å². The van der Waals surface area contributed by atoms with Gasteiger partial charge in [-0.05, 0) is 18.9 Å².